The van der Waals surface area contributed by atoms with Gasteiger partial charge in [0.2, 0.25) is 0 Å². The Kier molecular flexibility index (Phi) is 6.09. The minimum absolute atomic E-state index is 0.579. The van der Waals surface area contributed by atoms with E-state index in [-0.39, 0.29) is 0 Å². The van der Waals surface area contributed by atoms with Crippen molar-refractivity contribution in [1.82, 2.24) is 4.90 Å². The van der Waals surface area contributed by atoms with Crippen molar-refractivity contribution in [1.29, 1.82) is 0 Å². The summed E-state index contributed by atoms with van der Waals surface area (Å²) >= 11 is 0. The first kappa shape index (κ1) is 11.3. The normalized spacial score (nSPS) is 13.0. The maximum Gasteiger partial charge on any atom is 0.151 e. The van der Waals surface area contributed by atoms with E-state index < -0.39 is 6.23 Å². The second-order valence-electron chi connectivity index (χ2n) is 2.01. The first-order chi connectivity index (χ1) is 6.26. The third kappa shape index (κ3) is 4.71. The number of aliphatic hydroxyl groups is 1. The Morgan fingerprint density at radius 2 is 2.15 bits per heavy atom. The summed E-state index contributed by atoms with van der Waals surface area (Å²) in [4.78, 5) is 14.9. The van der Waals surface area contributed by atoms with Crippen LogP contribution in [0, 0.1) is 0 Å². The van der Waals surface area contributed by atoms with Gasteiger partial charge in [-0.25, -0.2) is 4.99 Å². The summed E-state index contributed by atoms with van der Waals surface area (Å²) in [6.45, 7) is 6.83. The number of hydrogen-bond donors (Lipinski definition) is 1. The number of aliphatic imine (C=N–C) groups is 1. The number of allylic oxidation sites excluding steroid dienone is 1. The molecule has 0 aromatic carbocycles. The molecule has 0 rings (SSSR count). The molecule has 0 spiro atoms. The summed E-state index contributed by atoms with van der Waals surface area (Å²) in [7, 11) is 0. The molecule has 0 amide bonds. The number of carbonyl (C=O) groups is 1. The lowest BCUT2D eigenvalue weighted by Gasteiger charge is -2.17. The molecular weight excluding hydrogens is 168 g/mol. The van der Waals surface area contributed by atoms with Crippen LogP contribution in [0.15, 0.2) is 42.7 Å². The lowest BCUT2D eigenvalue weighted by atomic mass is 10.4. The van der Waals surface area contributed by atoms with E-state index in [0.717, 1.165) is 0 Å². The second kappa shape index (κ2) is 7.00. The van der Waals surface area contributed by atoms with Gasteiger partial charge in [0.25, 0.3) is 0 Å². The molecule has 0 saturated heterocycles. The van der Waals surface area contributed by atoms with Gasteiger partial charge >= 0.3 is 0 Å². The molecule has 0 aliphatic heterocycles. The molecule has 0 aliphatic rings. The predicted molar refractivity (Wildman–Crippen MR) is 51.9 cm³/mol. The summed E-state index contributed by atoms with van der Waals surface area (Å²) in [5, 5.41) is 9.35. The van der Waals surface area contributed by atoms with Gasteiger partial charge in [0.1, 0.15) is 6.29 Å². The van der Waals surface area contributed by atoms with Crippen LogP contribution in [0.1, 0.15) is 0 Å². The summed E-state index contributed by atoms with van der Waals surface area (Å²) in [5.41, 5.74) is 0. The number of aldehydes is 1. The van der Waals surface area contributed by atoms with Crippen molar-refractivity contribution < 1.29 is 9.90 Å². The molecule has 0 aromatic rings. The maximum atomic E-state index is 9.94. The predicted octanol–water partition coefficient (Wildman–Crippen LogP) is 0.677. The molecule has 1 N–H and O–H groups in total. The highest BCUT2D eigenvalue weighted by molar-refractivity contribution is 5.65. The van der Waals surface area contributed by atoms with Gasteiger partial charge in [-0.3, -0.25) is 4.79 Å². The van der Waals surface area contributed by atoms with E-state index >= 15 is 0 Å². The van der Waals surface area contributed by atoms with Crippen LogP contribution < -0.4 is 0 Å². The highest BCUT2D eigenvalue weighted by atomic mass is 16.3. The molecule has 0 aromatic heterocycles. The number of rotatable bonds is 6. The van der Waals surface area contributed by atoms with E-state index in [4.69, 9.17) is 0 Å². The topological polar surface area (TPSA) is 52.9 Å². The highest BCUT2D eigenvalue weighted by Gasteiger charge is 2.03. The minimum atomic E-state index is -0.939. The Balaban J connectivity index is 4.29. The Morgan fingerprint density at radius 1 is 1.46 bits per heavy atom. The zero-order valence-corrected chi connectivity index (χ0v) is 7.21. The van der Waals surface area contributed by atoms with Crippen LogP contribution in [-0.2, 0) is 4.79 Å². The minimum Gasteiger partial charge on any atom is -0.370 e. The fourth-order valence-electron chi connectivity index (χ4n) is 0.592. The van der Waals surface area contributed by atoms with Gasteiger partial charge in [-0.05, 0) is 12.2 Å². The molecule has 0 radical (unpaired) electrons. The Morgan fingerprint density at radius 3 is 2.62 bits per heavy atom. The average Bonchev–Trinajstić information content (AvgIpc) is 2.16. The van der Waals surface area contributed by atoms with E-state index in [9.17, 15) is 9.90 Å². The fraction of sp³-hybridized carbons (Fsp3) is 0.111. The molecule has 0 fully saturated rings. The third-order valence-corrected chi connectivity index (χ3v) is 1.18. The average molecular weight is 180 g/mol. The summed E-state index contributed by atoms with van der Waals surface area (Å²) in [5.74, 6) is 0. The van der Waals surface area contributed by atoms with Gasteiger partial charge in [0.05, 0.1) is 6.34 Å². The maximum absolute atomic E-state index is 9.94. The van der Waals surface area contributed by atoms with E-state index in [0.29, 0.717) is 6.29 Å². The standard InChI is InChI=1S/C9H12N2O2/c1-3-10-8-11(4-2)9(13)6-5-7-12/h3-9,13H,1-2H2/b6-5-,10-8-. The van der Waals surface area contributed by atoms with Crippen LogP contribution in [0.4, 0.5) is 0 Å². The molecule has 0 saturated carbocycles. The molecule has 70 valence electrons. The van der Waals surface area contributed by atoms with Gasteiger partial charge in [0, 0.05) is 12.4 Å². The zero-order chi connectivity index (χ0) is 10.1. The SMILES string of the molecule is C=C/N=C\N(C=C)C(O)/C=C\C=O. The van der Waals surface area contributed by atoms with Crippen LogP contribution in [0.5, 0.6) is 0 Å². The van der Waals surface area contributed by atoms with Crippen LogP contribution in [0.2, 0.25) is 0 Å². The number of nitrogens with zero attached hydrogens (tertiary/aromatic N) is 2. The second-order valence-corrected chi connectivity index (χ2v) is 2.01. The molecule has 1 unspecified atom stereocenters. The first-order valence-electron chi connectivity index (χ1n) is 3.60. The van der Waals surface area contributed by atoms with Crippen molar-refractivity contribution in [3.05, 3.63) is 37.7 Å². The van der Waals surface area contributed by atoms with Gasteiger partial charge in [0.15, 0.2) is 6.23 Å². The quantitative estimate of drug-likeness (QED) is 0.215. The molecule has 0 bridgehead atoms. The van der Waals surface area contributed by atoms with Crippen molar-refractivity contribution in [3.63, 3.8) is 0 Å². The van der Waals surface area contributed by atoms with Crippen LogP contribution >= 0.6 is 0 Å². The molecule has 13 heavy (non-hydrogen) atoms. The Labute approximate surface area is 77.2 Å². The van der Waals surface area contributed by atoms with Crippen molar-refractivity contribution in [3.8, 4) is 0 Å². The third-order valence-electron chi connectivity index (χ3n) is 1.18. The van der Waals surface area contributed by atoms with Crippen molar-refractivity contribution in [2.75, 3.05) is 0 Å². The first-order valence-corrected chi connectivity index (χ1v) is 3.60. The monoisotopic (exact) mass is 180 g/mol. The van der Waals surface area contributed by atoms with Crippen molar-refractivity contribution in [2.45, 2.75) is 6.23 Å². The zero-order valence-electron chi connectivity index (χ0n) is 7.21. The van der Waals surface area contributed by atoms with Crippen molar-refractivity contribution >= 4 is 12.6 Å². The van der Waals surface area contributed by atoms with Gasteiger partial charge in [-0.1, -0.05) is 13.2 Å². The highest BCUT2D eigenvalue weighted by Crippen LogP contribution is 1.94. The Hall–Kier alpha value is -1.68. The van der Waals surface area contributed by atoms with E-state index in [2.05, 4.69) is 18.2 Å². The summed E-state index contributed by atoms with van der Waals surface area (Å²) in [6, 6.07) is 0. The molecular formula is C9H12N2O2. The lowest BCUT2D eigenvalue weighted by molar-refractivity contribution is -0.104. The van der Waals surface area contributed by atoms with E-state index in [1.165, 1.54) is 35.8 Å². The number of aliphatic hydroxyl groups excluding tert-OH is 1. The lowest BCUT2D eigenvalue weighted by Crippen LogP contribution is -2.26. The van der Waals surface area contributed by atoms with Crippen LogP contribution in [0.3, 0.4) is 0 Å². The van der Waals surface area contributed by atoms with Gasteiger partial charge < -0.3 is 10.0 Å². The molecule has 0 aliphatic carbocycles. The largest absolute Gasteiger partial charge is 0.370 e. The fourth-order valence-corrected chi connectivity index (χ4v) is 0.592. The van der Waals surface area contributed by atoms with E-state index in [1.54, 1.807) is 0 Å². The smallest absolute Gasteiger partial charge is 0.151 e. The van der Waals surface area contributed by atoms with E-state index in [1.807, 2.05) is 0 Å². The van der Waals surface area contributed by atoms with Crippen LogP contribution in [0.25, 0.3) is 0 Å². The molecule has 4 heteroatoms. The number of hydrogen-bond acceptors (Lipinski definition) is 3. The Bertz CT molecular complexity index is 234. The van der Waals surface area contributed by atoms with Crippen LogP contribution in [-0.4, -0.2) is 28.9 Å². The molecule has 1 atom stereocenters. The number of carbonyl (C=O) groups excluding carboxylic acids is 1. The molecule has 0 heterocycles. The summed E-state index contributed by atoms with van der Waals surface area (Å²) in [6.07, 6.45) is 6.20. The van der Waals surface area contributed by atoms with Crippen molar-refractivity contribution in [2.24, 2.45) is 4.99 Å². The summed E-state index contributed by atoms with van der Waals surface area (Å²) < 4.78 is 0. The van der Waals surface area contributed by atoms with Gasteiger partial charge in [-0.15, -0.1) is 0 Å². The van der Waals surface area contributed by atoms with Gasteiger partial charge in [-0.2, -0.15) is 0 Å². The molecule has 4 nitrogen and oxygen atoms in total.